The van der Waals surface area contributed by atoms with Gasteiger partial charge in [0.2, 0.25) is 11.8 Å². The monoisotopic (exact) mass is 280 g/mol. The predicted octanol–water partition coefficient (Wildman–Crippen LogP) is -1.87. The summed E-state index contributed by atoms with van der Waals surface area (Å²) < 4.78 is 23.5. The van der Waals surface area contributed by atoms with Crippen LogP contribution in [0.1, 0.15) is 13.8 Å². The normalized spacial score (nSPS) is 14.4. The maximum Gasteiger partial charge on any atom is 0.327 e. The van der Waals surface area contributed by atoms with E-state index in [1.54, 1.807) is 0 Å². The lowest BCUT2D eigenvalue weighted by molar-refractivity contribution is -0.140. The van der Waals surface area contributed by atoms with E-state index in [1.165, 1.54) is 7.05 Å². The fourth-order valence-corrected chi connectivity index (χ4v) is 2.59. The van der Waals surface area contributed by atoms with Gasteiger partial charge >= 0.3 is 5.97 Å². The molecule has 0 aliphatic carbocycles. The van der Waals surface area contributed by atoms with Crippen LogP contribution in [-0.4, -0.2) is 55.4 Å². The summed E-state index contributed by atoms with van der Waals surface area (Å²) in [6.45, 7) is 2.23. The van der Waals surface area contributed by atoms with Gasteiger partial charge in [-0.25, -0.2) is 13.2 Å². The van der Waals surface area contributed by atoms with Crippen LogP contribution in [0.3, 0.4) is 0 Å². The van der Waals surface area contributed by atoms with E-state index >= 15 is 0 Å². The Labute approximate surface area is 105 Å². The van der Waals surface area contributed by atoms with E-state index in [4.69, 9.17) is 5.11 Å². The van der Waals surface area contributed by atoms with Crippen molar-refractivity contribution in [2.45, 2.75) is 25.1 Å². The average molecular weight is 280 g/mol. The highest BCUT2D eigenvalue weighted by Gasteiger charge is 2.33. The van der Waals surface area contributed by atoms with Crippen molar-refractivity contribution in [3.63, 3.8) is 0 Å². The smallest absolute Gasteiger partial charge is 0.327 e. The molecule has 0 saturated carbocycles. The molecule has 18 heavy (non-hydrogen) atoms. The van der Waals surface area contributed by atoms with Crippen molar-refractivity contribution in [2.24, 2.45) is 0 Å². The van der Waals surface area contributed by atoms with Gasteiger partial charge in [0.15, 0.2) is 9.84 Å². The topological polar surface area (TPSA) is 130 Å². The van der Waals surface area contributed by atoms with E-state index < -0.39 is 44.7 Å². The molecular formula is C9H16N2O6S. The molecule has 0 radical (unpaired) electrons. The van der Waals surface area contributed by atoms with E-state index in [9.17, 15) is 22.8 Å². The molecule has 2 atom stereocenters. The van der Waals surface area contributed by atoms with Gasteiger partial charge in [-0.3, -0.25) is 9.59 Å². The Balaban J connectivity index is 4.97. The molecule has 0 bridgehead atoms. The number of rotatable bonds is 6. The van der Waals surface area contributed by atoms with Crippen LogP contribution in [0.5, 0.6) is 0 Å². The summed E-state index contributed by atoms with van der Waals surface area (Å²) in [6.07, 6.45) is 0. The zero-order valence-electron chi connectivity index (χ0n) is 10.3. The van der Waals surface area contributed by atoms with Gasteiger partial charge in [-0.05, 0) is 6.92 Å². The highest BCUT2D eigenvalue weighted by molar-refractivity contribution is 7.92. The maximum atomic E-state index is 11.8. The average Bonchev–Trinajstić information content (AvgIpc) is 2.24. The first-order chi connectivity index (χ1) is 8.11. The fraction of sp³-hybridized carbons (Fsp3) is 0.667. The van der Waals surface area contributed by atoms with Gasteiger partial charge in [-0.2, -0.15) is 0 Å². The first-order valence-electron chi connectivity index (χ1n) is 5.05. The van der Waals surface area contributed by atoms with Gasteiger partial charge < -0.3 is 15.7 Å². The number of carbonyl (C=O) groups is 3. The zero-order valence-corrected chi connectivity index (χ0v) is 11.1. The second-order valence-corrected chi connectivity index (χ2v) is 6.04. The van der Waals surface area contributed by atoms with Crippen LogP contribution < -0.4 is 10.6 Å². The summed E-state index contributed by atoms with van der Waals surface area (Å²) in [5, 5.41) is 11.6. The van der Waals surface area contributed by atoms with E-state index in [0.29, 0.717) is 0 Å². The molecule has 0 aliphatic rings. The number of hydrogen-bond acceptors (Lipinski definition) is 5. The minimum absolute atomic E-state index is 0.662. The molecule has 0 saturated heterocycles. The Morgan fingerprint density at radius 1 is 1.28 bits per heavy atom. The number of carbonyl (C=O) groups excluding carboxylic acids is 2. The first kappa shape index (κ1) is 16.4. The van der Waals surface area contributed by atoms with Crippen molar-refractivity contribution in [1.82, 2.24) is 10.6 Å². The lowest BCUT2D eigenvalue weighted by Gasteiger charge is -2.16. The molecule has 2 amide bonds. The third-order valence-corrected chi connectivity index (χ3v) is 4.32. The molecule has 0 rings (SSSR count). The summed E-state index contributed by atoms with van der Waals surface area (Å²) in [4.78, 5) is 32.8. The zero-order chi connectivity index (χ0) is 14.5. The summed E-state index contributed by atoms with van der Waals surface area (Å²) in [5.41, 5.74) is 0. The highest BCUT2D eigenvalue weighted by atomic mass is 32.2. The van der Waals surface area contributed by atoms with Crippen LogP contribution in [0.15, 0.2) is 0 Å². The SMILES string of the molecule is CNC(=O)C(C)S(=O)(=O)C[C@H](NC(C)=O)C(=O)O. The molecule has 0 aliphatic heterocycles. The fourth-order valence-electron chi connectivity index (χ4n) is 1.16. The number of hydrogen-bond donors (Lipinski definition) is 3. The molecule has 1 unspecified atom stereocenters. The standard InChI is InChI=1S/C9H16N2O6S/c1-5(8(13)10-3)18(16,17)4-7(9(14)15)11-6(2)12/h5,7H,4H2,1-3H3,(H,10,13)(H,11,12)(H,14,15)/t5?,7-/m0/s1. The summed E-state index contributed by atoms with van der Waals surface area (Å²) in [7, 11) is -2.69. The largest absolute Gasteiger partial charge is 0.480 e. The summed E-state index contributed by atoms with van der Waals surface area (Å²) >= 11 is 0. The van der Waals surface area contributed by atoms with Crippen molar-refractivity contribution in [2.75, 3.05) is 12.8 Å². The molecule has 0 aromatic heterocycles. The van der Waals surface area contributed by atoms with Crippen LogP contribution >= 0.6 is 0 Å². The Morgan fingerprint density at radius 2 is 1.78 bits per heavy atom. The van der Waals surface area contributed by atoms with Gasteiger partial charge in [0.25, 0.3) is 0 Å². The molecule has 0 aromatic carbocycles. The van der Waals surface area contributed by atoms with Crippen LogP contribution in [-0.2, 0) is 24.2 Å². The van der Waals surface area contributed by atoms with Crippen molar-refractivity contribution >= 4 is 27.6 Å². The van der Waals surface area contributed by atoms with Crippen LogP contribution in [0.2, 0.25) is 0 Å². The minimum Gasteiger partial charge on any atom is -0.480 e. The van der Waals surface area contributed by atoms with Gasteiger partial charge in [0.1, 0.15) is 11.3 Å². The van der Waals surface area contributed by atoms with Crippen molar-refractivity contribution in [3.8, 4) is 0 Å². The molecule has 0 fully saturated rings. The molecule has 104 valence electrons. The van der Waals surface area contributed by atoms with E-state index in [2.05, 4.69) is 5.32 Å². The van der Waals surface area contributed by atoms with E-state index in [1.807, 2.05) is 5.32 Å². The third-order valence-electron chi connectivity index (χ3n) is 2.23. The summed E-state index contributed by atoms with van der Waals surface area (Å²) in [5.74, 6) is -3.71. The Kier molecular flexibility index (Phi) is 5.76. The van der Waals surface area contributed by atoms with Gasteiger partial charge in [-0.1, -0.05) is 0 Å². The predicted molar refractivity (Wildman–Crippen MR) is 62.6 cm³/mol. The lowest BCUT2D eigenvalue weighted by Crippen LogP contribution is -2.48. The molecular weight excluding hydrogens is 264 g/mol. The van der Waals surface area contributed by atoms with Crippen molar-refractivity contribution in [3.05, 3.63) is 0 Å². The number of nitrogens with one attached hydrogen (secondary N) is 2. The van der Waals surface area contributed by atoms with E-state index in [0.717, 1.165) is 13.8 Å². The lowest BCUT2D eigenvalue weighted by atomic mass is 10.3. The minimum atomic E-state index is -3.97. The number of aliphatic carboxylic acids is 1. The number of sulfone groups is 1. The van der Waals surface area contributed by atoms with Gasteiger partial charge in [0, 0.05) is 14.0 Å². The number of amides is 2. The van der Waals surface area contributed by atoms with Crippen LogP contribution in [0.25, 0.3) is 0 Å². The Morgan fingerprint density at radius 3 is 2.11 bits per heavy atom. The first-order valence-corrected chi connectivity index (χ1v) is 6.76. The third kappa shape index (κ3) is 4.70. The number of carboxylic acids is 1. The molecule has 0 aromatic rings. The second-order valence-electron chi connectivity index (χ2n) is 3.68. The Hall–Kier alpha value is -1.64. The van der Waals surface area contributed by atoms with Crippen molar-refractivity contribution < 1.29 is 27.9 Å². The van der Waals surface area contributed by atoms with Crippen LogP contribution in [0, 0.1) is 0 Å². The van der Waals surface area contributed by atoms with Crippen molar-refractivity contribution in [1.29, 1.82) is 0 Å². The second kappa shape index (κ2) is 6.34. The maximum absolute atomic E-state index is 11.8. The summed E-state index contributed by atoms with van der Waals surface area (Å²) in [6, 6.07) is -1.57. The molecule has 0 spiro atoms. The van der Waals surface area contributed by atoms with E-state index in [-0.39, 0.29) is 0 Å². The Bertz CT molecular complexity index is 444. The highest BCUT2D eigenvalue weighted by Crippen LogP contribution is 2.05. The molecule has 3 N–H and O–H groups in total. The van der Waals surface area contributed by atoms with Crippen LogP contribution in [0.4, 0.5) is 0 Å². The molecule has 0 heterocycles. The van der Waals surface area contributed by atoms with Gasteiger partial charge in [0.05, 0.1) is 5.75 Å². The molecule has 9 heteroatoms. The number of carboxylic acid groups (broad SMARTS) is 1. The molecule has 8 nitrogen and oxygen atoms in total. The quantitative estimate of drug-likeness (QED) is 0.522. The van der Waals surface area contributed by atoms with Gasteiger partial charge in [-0.15, -0.1) is 0 Å².